The van der Waals surface area contributed by atoms with Crippen LogP contribution in [0.15, 0.2) is 97.1 Å². The standard InChI is InChI=1S/C30H32N2O2/c1-2-3-4-5-30(22-6-14-26(15-7-22)33-28-18-10-24(31)11-19-28)23-8-16-27(17-9-23)34-29-20-12-25(32)13-21-29/h6-21,30H,2-5,31-32H2,1H3. The van der Waals surface area contributed by atoms with E-state index in [4.69, 9.17) is 20.9 Å². The normalized spacial score (nSPS) is 10.9. The van der Waals surface area contributed by atoms with Crippen LogP contribution in [-0.4, -0.2) is 0 Å². The van der Waals surface area contributed by atoms with Crippen LogP contribution in [0.4, 0.5) is 11.4 Å². The summed E-state index contributed by atoms with van der Waals surface area (Å²) in [5.74, 6) is 3.50. The van der Waals surface area contributed by atoms with Gasteiger partial charge in [0.1, 0.15) is 23.0 Å². The average molecular weight is 453 g/mol. The highest BCUT2D eigenvalue weighted by atomic mass is 16.5. The molecule has 174 valence electrons. The number of hydrogen-bond acceptors (Lipinski definition) is 4. The molecule has 0 aliphatic rings. The topological polar surface area (TPSA) is 70.5 Å². The quantitative estimate of drug-likeness (QED) is 0.188. The molecular formula is C30H32N2O2. The Bertz CT molecular complexity index is 1060. The Morgan fingerprint density at radius 1 is 0.529 bits per heavy atom. The van der Waals surface area contributed by atoms with Crippen molar-refractivity contribution in [2.45, 2.75) is 38.5 Å². The first-order chi connectivity index (χ1) is 16.6. The van der Waals surface area contributed by atoms with Crippen LogP contribution in [0.1, 0.15) is 49.7 Å². The second-order valence-electron chi connectivity index (χ2n) is 8.53. The van der Waals surface area contributed by atoms with E-state index in [1.165, 1.54) is 30.4 Å². The molecule has 0 saturated carbocycles. The highest BCUT2D eigenvalue weighted by Crippen LogP contribution is 2.34. The molecule has 4 aromatic rings. The Morgan fingerprint density at radius 2 is 0.882 bits per heavy atom. The second kappa shape index (κ2) is 11.3. The van der Waals surface area contributed by atoms with Crippen molar-refractivity contribution in [3.8, 4) is 23.0 Å². The van der Waals surface area contributed by atoms with Gasteiger partial charge in [0.15, 0.2) is 0 Å². The van der Waals surface area contributed by atoms with Crippen molar-refractivity contribution >= 4 is 11.4 Å². The van der Waals surface area contributed by atoms with E-state index in [-0.39, 0.29) is 0 Å². The largest absolute Gasteiger partial charge is 0.457 e. The van der Waals surface area contributed by atoms with Crippen LogP contribution in [0.3, 0.4) is 0 Å². The monoisotopic (exact) mass is 452 g/mol. The molecule has 4 aromatic carbocycles. The Balaban J connectivity index is 1.49. The molecule has 4 nitrogen and oxygen atoms in total. The van der Waals surface area contributed by atoms with Gasteiger partial charge in [0, 0.05) is 17.3 Å². The van der Waals surface area contributed by atoms with Crippen molar-refractivity contribution in [2.24, 2.45) is 0 Å². The van der Waals surface area contributed by atoms with Crippen molar-refractivity contribution in [2.75, 3.05) is 11.5 Å². The van der Waals surface area contributed by atoms with E-state index in [9.17, 15) is 0 Å². The Hall–Kier alpha value is -3.92. The molecular weight excluding hydrogens is 420 g/mol. The van der Waals surface area contributed by atoms with Crippen LogP contribution in [0.5, 0.6) is 23.0 Å². The minimum Gasteiger partial charge on any atom is -0.457 e. The van der Waals surface area contributed by atoms with Gasteiger partial charge in [-0.15, -0.1) is 0 Å². The van der Waals surface area contributed by atoms with Crippen LogP contribution < -0.4 is 20.9 Å². The first-order valence-electron chi connectivity index (χ1n) is 11.9. The number of hydrogen-bond donors (Lipinski definition) is 2. The van der Waals surface area contributed by atoms with E-state index >= 15 is 0 Å². The molecule has 0 bridgehead atoms. The van der Waals surface area contributed by atoms with E-state index in [0.29, 0.717) is 5.92 Å². The van der Waals surface area contributed by atoms with E-state index < -0.39 is 0 Å². The maximum atomic E-state index is 5.97. The lowest BCUT2D eigenvalue weighted by molar-refractivity contribution is 0.482. The van der Waals surface area contributed by atoms with E-state index in [0.717, 1.165) is 40.8 Å². The summed E-state index contributed by atoms with van der Waals surface area (Å²) in [4.78, 5) is 0. The summed E-state index contributed by atoms with van der Waals surface area (Å²) in [5, 5.41) is 0. The zero-order valence-corrected chi connectivity index (χ0v) is 19.6. The molecule has 0 atom stereocenters. The van der Waals surface area contributed by atoms with E-state index in [1.807, 2.05) is 72.8 Å². The fraction of sp³-hybridized carbons (Fsp3) is 0.200. The number of benzene rings is 4. The third kappa shape index (κ3) is 6.32. The average Bonchev–Trinajstić information content (AvgIpc) is 2.86. The van der Waals surface area contributed by atoms with E-state index in [1.54, 1.807) is 0 Å². The summed E-state index contributed by atoms with van der Waals surface area (Å²) in [6, 6.07) is 31.7. The zero-order chi connectivity index (χ0) is 23.8. The number of unbranched alkanes of at least 4 members (excludes halogenated alkanes) is 2. The molecule has 0 spiro atoms. The van der Waals surface area contributed by atoms with Crippen LogP contribution >= 0.6 is 0 Å². The molecule has 0 fully saturated rings. The van der Waals surface area contributed by atoms with Gasteiger partial charge < -0.3 is 20.9 Å². The minimum atomic E-state index is 0.322. The third-order valence-corrected chi connectivity index (χ3v) is 5.89. The van der Waals surface area contributed by atoms with Crippen LogP contribution in [0, 0.1) is 0 Å². The van der Waals surface area contributed by atoms with E-state index in [2.05, 4.69) is 31.2 Å². The lowest BCUT2D eigenvalue weighted by atomic mass is 9.87. The molecule has 0 aliphatic heterocycles. The molecule has 0 saturated heterocycles. The van der Waals surface area contributed by atoms with Crippen LogP contribution in [0.25, 0.3) is 0 Å². The first-order valence-corrected chi connectivity index (χ1v) is 11.9. The highest BCUT2D eigenvalue weighted by Gasteiger charge is 2.15. The maximum Gasteiger partial charge on any atom is 0.127 e. The van der Waals surface area contributed by atoms with Crippen LogP contribution in [-0.2, 0) is 0 Å². The molecule has 4 rings (SSSR count). The van der Waals surface area contributed by atoms with Gasteiger partial charge in [-0.3, -0.25) is 0 Å². The van der Waals surface area contributed by atoms with Crippen molar-refractivity contribution < 1.29 is 9.47 Å². The first kappa shape index (κ1) is 23.2. The lowest BCUT2D eigenvalue weighted by Gasteiger charge is -2.19. The van der Waals surface area contributed by atoms with Gasteiger partial charge in [-0.1, -0.05) is 50.5 Å². The number of nitrogens with two attached hydrogens (primary N) is 2. The summed E-state index contributed by atoms with van der Waals surface area (Å²) in [6.45, 7) is 2.24. The summed E-state index contributed by atoms with van der Waals surface area (Å²) >= 11 is 0. The Labute approximate surface area is 202 Å². The zero-order valence-electron chi connectivity index (χ0n) is 19.6. The molecule has 34 heavy (non-hydrogen) atoms. The van der Waals surface area contributed by atoms with Gasteiger partial charge in [-0.05, 0) is 90.3 Å². The number of anilines is 2. The lowest BCUT2D eigenvalue weighted by Crippen LogP contribution is -2.02. The maximum absolute atomic E-state index is 5.97. The number of ether oxygens (including phenoxy) is 2. The Morgan fingerprint density at radius 3 is 1.24 bits per heavy atom. The number of rotatable bonds is 10. The minimum absolute atomic E-state index is 0.322. The molecule has 0 unspecified atom stereocenters. The van der Waals surface area contributed by atoms with Gasteiger partial charge >= 0.3 is 0 Å². The van der Waals surface area contributed by atoms with Crippen molar-refractivity contribution in [1.82, 2.24) is 0 Å². The summed E-state index contributed by atoms with van der Waals surface area (Å²) in [6.07, 6.45) is 4.72. The van der Waals surface area contributed by atoms with Gasteiger partial charge in [0.05, 0.1) is 0 Å². The Kier molecular flexibility index (Phi) is 7.71. The third-order valence-electron chi connectivity index (χ3n) is 5.89. The molecule has 0 amide bonds. The molecule has 0 heterocycles. The van der Waals surface area contributed by atoms with Crippen molar-refractivity contribution in [3.63, 3.8) is 0 Å². The summed E-state index contributed by atoms with van der Waals surface area (Å²) in [7, 11) is 0. The smallest absolute Gasteiger partial charge is 0.127 e. The fourth-order valence-electron chi connectivity index (χ4n) is 4.00. The predicted molar refractivity (Wildman–Crippen MR) is 141 cm³/mol. The van der Waals surface area contributed by atoms with Gasteiger partial charge in [-0.25, -0.2) is 0 Å². The highest BCUT2D eigenvalue weighted by molar-refractivity contribution is 5.45. The molecule has 0 radical (unpaired) electrons. The molecule has 4 N–H and O–H groups in total. The van der Waals surface area contributed by atoms with Gasteiger partial charge in [0.25, 0.3) is 0 Å². The summed E-state index contributed by atoms with van der Waals surface area (Å²) < 4.78 is 11.9. The van der Waals surface area contributed by atoms with Crippen LogP contribution in [0.2, 0.25) is 0 Å². The molecule has 0 aliphatic carbocycles. The van der Waals surface area contributed by atoms with Gasteiger partial charge in [0.2, 0.25) is 0 Å². The second-order valence-corrected chi connectivity index (χ2v) is 8.53. The summed E-state index contributed by atoms with van der Waals surface area (Å²) in [5.41, 5.74) is 15.5. The SMILES string of the molecule is CCCCCC(c1ccc(Oc2ccc(N)cc2)cc1)c1ccc(Oc2ccc(N)cc2)cc1. The molecule has 0 aromatic heterocycles. The molecule has 4 heteroatoms. The fourth-order valence-corrected chi connectivity index (χ4v) is 4.00. The predicted octanol–water partition coefficient (Wildman–Crippen LogP) is 8.15. The van der Waals surface area contributed by atoms with Crippen molar-refractivity contribution in [3.05, 3.63) is 108 Å². The van der Waals surface area contributed by atoms with Crippen molar-refractivity contribution in [1.29, 1.82) is 0 Å². The number of nitrogen functional groups attached to an aromatic ring is 2. The van der Waals surface area contributed by atoms with Gasteiger partial charge in [-0.2, -0.15) is 0 Å².